The molecule has 1 rings (SSSR count). The highest BCUT2D eigenvalue weighted by atomic mass is 35.5. The molecular weight excluding hydrogens is 156 g/mol. The van der Waals surface area contributed by atoms with E-state index in [1.54, 1.807) is 0 Å². The lowest BCUT2D eigenvalue weighted by Crippen LogP contribution is -2.30. The van der Waals surface area contributed by atoms with E-state index < -0.39 is 0 Å². The summed E-state index contributed by atoms with van der Waals surface area (Å²) in [5.74, 6) is 1.53. The van der Waals surface area contributed by atoms with Crippen LogP contribution in [-0.2, 0) is 0 Å². The molecule has 0 radical (unpaired) electrons. The summed E-state index contributed by atoms with van der Waals surface area (Å²) in [5.41, 5.74) is 0.399. The lowest BCUT2D eigenvalue weighted by atomic mass is 9.71. The number of alkyl halides is 1. The van der Waals surface area contributed by atoms with Gasteiger partial charge in [0, 0.05) is 5.88 Å². The van der Waals surface area contributed by atoms with E-state index in [-0.39, 0.29) is 0 Å². The van der Waals surface area contributed by atoms with E-state index in [9.17, 15) is 0 Å². The third kappa shape index (κ3) is 1.79. The van der Waals surface area contributed by atoms with E-state index in [0.717, 1.165) is 5.88 Å². The van der Waals surface area contributed by atoms with Crippen LogP contribution in [0.4, 0.5) is 0 Å². The maximum atomic E-state index is 6.00. The van der Waals surface area contributed by atoms with Crippen molar-refractivity contribution in [1.82, 2.24) is 0 Å². The molecule has 0 saturated heterocycles. The van der Waals surface area contributed by atoms with E-state index in [1.165, 1.54) is 19.3 Å². The van der Waals surface area contributed by atoms with Crippen molar-refractivity contribution < 1.29 is 0 Å². The van der Waals surface area contributed by atoms with Crippen LogP contribution in [0, 0.1) is 11.3 Å². The molecule has 0 aromatic rings. The zero-order valence-corrected chi connectivity index (χ0v) is 8.19. The minimum atomic E-state index is 0.399. The molecule has 0 aromatic carbocycles. The minimum Gasteiger partial charge on any atom is -0.126 e. The Morgan fingerprint density at radius 3 is 2.45 bits per heavy atom. The molecule has 1 atom stereocenters. The fourth-order valence-corrected chi connectivity index (χ4v) is 2.26. The first-order valence-corrected chi connectivity index (χ1v) is 4.96. The molecule has 0 spiro atoms. The summed E-state index contributed by atoms with van der Waals surface area (Å²) >= 11 is 6.00. The molecule has 0 aromatic heterocycles. The Labute approximate surface area is 74.6 Å². The third-order valence-electron chi connectivity index (χ3n) is 2.99. The normalized spacial score (nSPS) is 31.3. The van der Waals surface area contributed by atoms with Crippen molar-refractivity contribution in [2.24, 2.45) is 11.3 Å². The van der Waals surface area contributed by atoms with E-state index >= 15 is 0 Å². The van der Waals surface area contributed by atoms with Crippen LogP contribution in [0.2, 0.25) is 0 Å². The van der Waals surface area contributed by atoms with Crippen LogP contribution in [0.5, 0.6) is 0 Å². The van der Waals surface area contributed by atoms with Crippen LogP contribution < -0.4 is 0 Å². The summed E-state index contributed by atoms with van der Waals surface area (Å²) < 4.78 is 0. The zero-order valence-electron chi connectivity index (χ0n) is 7.44. The zero-order chi connectivity index (χ0) is 8.32. The Balaban J connectivity index is 2.67. The summed E-state index contributed by atoms with van der Waals surface area (Å²) in [4.78, 5) is 0. The molecule has 1 aliphatic rings. The van der Waals surface area contributed by atoms with Crippen LogP contribution in [0.3, 0.4) is 0 Å². The number of allylic oxidation sites excluding steroid dienone is 2. The van der Waals surface area contributed by atoms with Gasteiger partial charge < -0.3 is 0 Å². The average molecular weight is 173 g/mol. The smallest absolute Gasteiger partial charge is 0.0285 e. The topological polar surface area (TPSA) is 0 Å². The van der Waals surface area contributed by atoms with Gasteiger partial charge in [-0.1, -0.05) is 26.0 Å². The quantitative estimate of drug-likeness (QED) is 0.441. The maximum absolute atomic E-state index is 6.00. The summed E-state index contributed by atoms with van der Waals surface area (Å²) in [6.45, 7) is 4.56. The first-order valence-electron chi connectivity index (χ1n) is 4.42. The molecule has 1 heteroatoms. The molecule has 0 fully saturated rings. The van der Waals surface area contributed by atoms with Crippen molar-refractivity contribution in [2.45, 2.75) is 33.1 Å². The molecule has 0 aliphatic heterocycles. The van der Waals surface area contributed by atoms with Crippen LogP contribution >= 0.6 is 11.6 Å². The maximum Gasteiger partial charge on any atom is 0.0285 e. The van der Waals surface area contributed by atoms with Gasteiger partial charge in [-0.2, -0.15) is 0 Å². The predicted molar refractivity (Wildman–Crippen MR) is 51.0 cm³/mol. The minimum absolute atomic E-state index is 0.399. The van der Waals surface area contributed by atoms with Gasteiger partial charge in [-0.25, -0.2) is 0 Å². The third-order valence-corrected chi connectivity index (χ3v) is 3.52. The molecule has 0 bridgehead atoms. The number of rotatable bonds is 2. The van der Waals surface area contributed by atoms with Gasteiger partial charge in [-0.05, 0) is 30.6 Å². The molecule has 0 nitrogen and oxygen atoms in total. The summed E-state index contributed by atoms with van der Waals surface area (Å²) in [5, 5.41) is 0. The summed E-state index contributed by atoms with van der Waals surface area (Å²) in [6, 6.07) is 0. The van der Waals surface area contributed by atoms with Crippen LogP contribution in [0.15, 0.2) is 12.2 Å². The molecule has 0 N–H and O–H groups in total. The van der Waals surface area contributed by atoms with Crippen molar-refractivity contribution in [3.63, 3.8) is 0 Å². The number of hydrogen-bond donors (Lipinski definition) is 0. The van der Waals surface area contributed by atoms with Crippen molar-refractivity contribution in [3.8, 4) is 0 Å². The molecule has 0 saturated carbocycles. The van der Waals surface area contributed by atoms with Gasteiger partial charge in [0.15, 0.2) is 0 Å². The first-order chi connectivity index (χ1) is 5.21. The highest BCUT2D eigenvalue weighted by Gasteiger charge is 2.32. The van der Waals surface area contributed by atoms with Crippen LogP contribution in [-0.4, -0.2) is 5.88 Å². The Morgan fingerprint density at radius 2 is 2.18 bits per heavy atom. The Kier molecular flexibility index (Phi) is 3.00. The van der Waals surface area contributed by atoms with Gasteiger partial charge in [0.05, 0.1) is 0 Å². The van der Waals surface area contributed by atoms with Crippen molar-refractivity contribution >= 4 is 11.6 Å². The molecule has 1 aliphatic carbocycles. The van der Waals surface area contributed by atoms with E-state index in [4.69, 9.17) is 11.6 Å². The average Bonchev–Trinajstić information content (AvgIpc) is 2.05. The number of hydrogen-bond acceptors (Lipinski definition) is 0. The largest absolute Gasteiger partial charge is 0.126 e. The van der Waals surface area contributed by atoms with Crippen molar-refractivity contribution in [1.29, 1.82) is 0 Å². The van der Waals surface area contributed by atoms with Gasteiger partial charge in [0.25, 0.3) is 0 Å². The van der Waals surface area contributed by atoms with Gasteiger partial charge in [0.1, 0.15) is 0 Å². The fourth-order valence-electron chi connectivity index (χ4n) is 1.71. The Morgan fingerprint density at radius 1 is 1.45 bits per heavy atom. The SMILES string of the molecule is CC(C)C1(CCl)CC=CCC1. The highest BCUT2D eigenvalue weighted by molar-refractivity contribution is 6.18. The Hall–Kier alpha value is 0.0300. The van der Waals surface area contributed by atoms with Crippen LogP contribution in [0.25, 0.3) is 0 Å². The van der Waals surface area contributed by atoms with E-state index in [1.807, 2.05) is 0 Å². The monoisotopic (exact) mass is 172 g/mol. The second-order valence-electron chi connectivity index (χ2n) is 3.86. The Bertz CT molecular complexity index is 149. The predicted octanol–water partition coefficient (Wildman–Crippen LogP) is 3.61. The summed E-state index contributed by atoms with van der Waals surface area (Å²) in [6.07, 6.45) is 8.21. The fraction of sp³-hybridized carbons (Fsp3) is 0.800. The van der Waals surface area contributed by atoms with Gasteiger partial charge in [-0.15, -0.1) is 11.6 Å². The van der Waals surface area contributed by atoms with Crippen LogP contribution in [0.1, 0.15) is 33.1 Å². The van der Waals surface area contributed by atoms with Gasteiger partial charge in [-0.3, -0.25) is 0 Å². The lowest BCUT2D eigenvalue weighted by molar-refractivity contribution is 0.201. The molecule has 64 valence electrons. The second-order valence-corrected chi connectivity index (χ2v) is 4.13. The molecule has 0 amide bonds. The van der Waals surface area contributed by atoms with Crippen molar-refractivity contribution in [3.05, 3.63) is 12.2 Å². The highest BCUT2D eigenvalue weighted by Crippen LogP contribution is 2.40. The number of halogens is 1. The second kappa shape index (κ2) is 3.62. The standard InChI is InChI=1S/C10H17Cl/c1-9(2)10(8-11)6-4-3-5-7-10/h3-4,9H,5-8H2,1-2H3. The molecule has 1 unspecified atom stereocenters. The van der Waals surface area contributed by atoms with Gasteiger partial charge >= 0.3 is 0 Å². The van der Waals surface area contributed by atoms with E-state index in [2.05, 4.69) is 26.0 Å². The molecule has 0 heterocycles. The molecule has 11 heavy (non-hydrogen) atoms. The van der Waals surface area contributed by atoms with Gasteiger partial charge in [0.2, 0.25) is 0 Å². The van der Waals surface area contributed by atoms with E-state index in [0.29, 0.717) is 11.3 Å². The van der Waals surface area contributed by atoms with Crippen molar-refractivity contribution in [2.75, 3.05) is 5.88 Å². The summed E-state index contributed by atoms with van der Waals surface area (Å²) in [7, 11) is 0. The molecular formula is C10H17Cl. The first kappa shape index (κ1) is 9.12. The lowest BCUT2D eigenvalue weighted by Gasteiger charge is -2.36.